The quantitative estimate of drug-likeness (QED) is 0.766. The fraction of sp³-hybridized carbons (Fsp3) is 1.00. The Morgan fingerprint density at radius 1 is 1.24 bits per heavy atom. The van der Waals surface area contributed by atoms with E-state index in [-0.39, 0.29) is 5.60 Å². The Labute approximate surface area is 106 Å². The largest absolute Gasteiger partial charge is 0.389 e. The molecule has 2 aliphatic rings. The van der Waals surface area contributed by atoms with E-state index in [1.54, 1.807) is 0 Å². The van der Waals surface area contributed by atoms with Gasteiger partial charge in [0.1, 0.15) is 0 Å². The average Bonchev–Trinajstić information content (AvgIpc) is 2.77. The number of rotatable bonds is 5. The van der Waals surface area contributed by atoms with E-state index >= 15 is 0 Å². The molecule has 0 aromatic rings. The van der Waals surface area contributed by atoms with Crippen molar-refractivity contribution in [2.24, 2.45) is 5.92 Å². The van der Waals surface area contributed by atoms with Crippen molar-refractivity contribution >= 4 is 0 Å². The zero-order valence-electron chi connectivity index (χ0n) is 11.2. The molecular formula is C14H28N2O. The highest BCUT2D eigenvalue weighted by molar-refractivity contribution is 4.86. The molecular weight excluding hydrogens is 212 g/mol. The van der Waals surface area contributed by atoms with Crippen LogP contribution in [0.15, 0.2) is 0 Å². The molecule has 2 rings (SSSR count). The van der Waals surface area contributed by atoms with Gasteiger partial charge in [-0.3, -0.25) is 0 Å². The van der Waals surface area contributed by atoms with Gasteiger partial charge >= 0.3 is 0 Å². The molecule has 0 radical (unpaired) electrons. The summed E-state index contributed by atoms with van der Waals surface area (Å²) in [6, 6.07) is 0. The third kappa shape index (κ3) is 3.94. The maximum atomic E-state index is 10.2. The number of nitrogens with zero attached hydrogens (tertiary/aromatic N) is 1. The summed E-state index contributed by atoms with van der Waals surface area (Å²) >= 11 is 0. The van der Waals surface area contributed by atoms with E-state index in [1.165, 1.54) is 45.3 Å². The Balaban J connectivity index is 1.59. The van der Waals surface area contributed by atoms with Gasteiger partial charge in [-0.15, -0.1) is 0 Å². The molecule has 0 aromatic heterocycles. The van der Waals surface area contributed by atoms with Crippen LogP contribution >= 0.6 is 0 Å². The maximum absolute atomic E-state index is 10.2. The van der Waals surface area contributed by atoms with Gasteiger partial charge in [0, 0.05) is 6.54 Å². The van der Waals surface area contributed by atoms with Gasteiger partial charge < -0.3 is 15.3 Å². The lowest BCUT2D eigenvalue weighted by Crippen LogP contribution is -2.42. The molecule has 0 atom stereocenters. The smallest absolute Gasteiger partial charge is 0.0771 e. The maximum Gasteiger partial charge on any atom is 0.0771 e. The van der Waals surface area contributed by atoms with Crippen molar-refractivity contribution in [3.05, 3.63) is 0 Å². The predicted molar refractivity (Wildman–Crippen MR) is 71.1 cm³/mol. The first-order valence-electron chi connectivity index (χ1n) is 7.37. The number of piperidine rings is 1. The van der Waals surface area contributed by atoms with Crippen LogP contribution in [0.1, 0.15) is 45.4 Å². The minimum atomic E-state index is -0.385. The van der Waals surface area contributed by atoms with Gasteiger partial charge in [-0.25, -0.2) is 0 Å². The van der Waals surface area contributed by atoms with E-state index in [9.17, 15) is 5.11 Å². The van der Waals surface area contributed by atoms with Crippen molar-refractivity contribution < 1.29 is 5.11 Å². The zero-order valence-corrected chi connectivity index (χ0v) is 11.2. The van der Waals surface area contributed by atoms with Gasteiger partial charge in [0.15, 0.2) is 0 Å². The summed E-state index contributed by atoms with van der Waals surface area (Å²) in [5.41, 5.74) is -0.385. The molecule has 0 aromatic carbocycles. The van der Waals surface area contributed by atoms with E-state index in [0.717, 1.165) is 31.8 Å². The molecule has 1 aliphatic heterocycles. The molecule has 1 aliphatic carbocycles. The molecule has 2 N–H and O–H groups in total. The predicted octanol–water partition coefficient (Wildman–Crippen LogP) is 1.61. The van der Waals surface area contributed by atoms with Crippen molar-refractivity contribution in [1.29, 1.82) is 0 Å². The Morgan fingerprint density at radius 2 is 1.88 bits per heavy atom. The van der Waals surface area contributed by atoms with Crippen molar-refractivity contribution in [2.75, 3.05) is 32.7 Å². The van der Waals surface area contributed by atoms with E-state index in [2.05, 4.69) is 17.1 Å². The van der Waals surface area contributed by atoms with Crippen molar-refractivity contribution in [3.63, 3.8) is 0 Å². The molecule has 1 saturated carbocycles. The summed E-state index contributed by atoms with van der Waals surface area (Å²) in [5.74, 6) is 0.822. The van der Waals surface area contributed by atoms with Gasteiger partial charge in [0.2, 0.25) is 0 Å². The van der Waals surface area contributed by atoms with Crippen molar-refractivity contribution in [2.45, 2.75) is 51.0 Å². The highest BCUT2D eigenvalue weighted by Gasteiger charge is 2.30. The van der Waals surface area contributed by atoms with Gasteiger partial charge in [-0.1, -0.05) is 19.8 Å². The summed E-state index contributed by atoms with van der Waals surface area (Å²) in [5, 5.41) is 13.7. The minimum Gasteiger partial charge on any atom is -0.389 e. The third-order valence-corrected chi connectivity index (χ3v) is 4.58. The van der Waals surface area contributed by atoms with Crippen LogP contribution in [0.5, 0.6) is 0 Å². The second kappa shape index (κ2) is 6.17. The van der Waals surface area contributed by atoms with Gasteiger partial charge in [-0.2, -0.15) is 0 Å². The van der Waals surface area contributed by atoms with Gasteiger partial charge in [-0.05, 0) is 57.8 Å². The first-order chi connectivity index (χ1) is 8.22. The summed E-state index contributed by atoms with van der Waals surface area (Å²) in [6.07, 6.45) is 7.03. The Kier molecular flexibility index (Phi) is 4.83. The zero-order chi connectivity index (χ0) is 12.1. The Morgan fingerprint density at radius 3 is 2.47 bits per heavy atom. The van der Waals surface area contributed by atoms with E-state index in [4.69, 9.17) is 0 Å². The summed E-state index contributed by atoms with van der Waals surface area (Å²) in [4.78, 5) is 2.53. The first kappa shape index (κ1) is 13.3. The number of aliphatic hydroxyl groups is 1. The monoisotopic (exact) mass is 240 g/mol. The number of nitrogens with one attached hydrogen (secondary N) is 1. The standard InChI is InChI=1S/C14H28N2O/c1-2-16-9-5-13(6-10-16)11-15-12-14(17)7-3-4-8-14/h13,15,17H,2-12H2,1H3. The highest BCUT2D eigenvalue weighted by Crippen LogP contribution is 2.28. The van der Waals surface area contributed by atoms with Crippen LogP contribution in [-0.4, -0.2) is 48.3 Å². The lowest BCUT2D eigenvalue weighted by Gasteiger charge is -2.32. The normalized spacial score (nSPS) is 26.5. The van der Waals surface area contributed by atoms with Crippen LogP contribution in [0.4, 0.5) is 0 Å². The third-order valence-electron chi connectivity index (χ3n) is 4.58. The molecule has 0 amide bonds. The van der Waals surface area contributed by atoms with Crippen molar-refractivity contribution in [3.8, 4) is 0 Å². The van der Waals surface area contributed by atoms with Gasteiger partial charge in [0.25, 0.3) is 0 Å². The lowest BCUT2D eigenvalue weighted by atomic mass is 9.96. The second-order valence-electron chi connectivity index (χ2n) is 5.94. The SMILES string of the molecule is CCN1CCC(CNCC2(O)CCCC2)CC1. The van der Waals surface area contributed by atoms with E-state index < -0.39 is 0 Å². The minimum absolute atomic E-state index is 0.385. The van der Waals surface area contributed by atoms with Gasteiger partial charge in [0.05, 0.1) is 5.60 Å². The van der Waals surface area contributed by atoms with E-state index in [0.29, 0.717) is 0 Å². The van der Waals surface area contributed by atoms with Crippen LogP contribution < -0.4 is 5.32 Å². The molecule has 17 heavy (non-hydrogen) atoms. The molecule has 2 fully saturated rings. The molecule has 1 heterocycles. The average molecular weight is 240 g/mol. The highest BCUT2D eigenvalue weighted by atomic mass is 16.3. The van der Waals surface area contributed by atoms with Crippen LogP contribution in [0.25, 0.3) is 0 Å². The lowest BCUT2D eigenvalue weighted by molar-refractivity contribution is 0.0458. The molecule has 1 saturated heterocycles. The molecule has 100 valence electrons. The molecule has 0 bridgehead atoms. The second-order valence-corrected chi connectivity index (χ2v) is 5.94. The number of likely N-dealkylation sites (tertiary alicyclic amines) is 1. The Bertz CT molecular complexity index is 218. The molecule has 3 heteroatoms. The van der Waals surface area contributed by atoms with Crippen LogP contribution in [-0.2, 0) is 0 Å². The topological polar surface area (TPSA) is 35.5 Å². The summed E-state index contributed by atoms with van der Waals surface area (Å²) in [7, 11) is 0. The summed E-state index contributed by atoms with van der Waals surface area (Å²) < 4.78 is 0. The van der Waals surface area contributed by atoms with Crippen molar-refractivity contribution in [1.82, 2.24) is 10.2 Å². The Hall–Kier alpha value is -0.120. The number of hydrogen-bond donors (Lipinski definition) is 2. The first-order valence-corrected chi connectivity index (χ1v) is 7.37. The van der Waals surface area contributed by atoms with E-state index in [1.807, 2.05) is 0 Å². The fourth-order valence-corrected chi connectivity index (χ4v) is 3.23. The van der Waals surface area contributed by atoms with Crippen LogP contribution in [0.3, 0.4) is 0 Å². The van der Waals surface area contributed by atoms with Crippen LogP contribution in [0.2, 0.25) is 0 Å². The fourth-order valence-electron chi connectivity index (χ4n) is 3.23. The van der Waals surface area contributed by atoms with Crippen LogP contribution in [0, 0.1) is 5.92 Å². The molecule has 3 nitrogen and oxygen atoms in total. The summed E-state index contributed by atoms with van der Waals surface area (Å²) in [6.45, 7) is 7.86. The number of hydrogen-bond acceptors (Lipinski definition) is 3. The molecule has 0 unspecified atom stereocenters. The molecule has 0 spiro atoms.